The van der Waals surface area contributed by atoms with Crippen molar-refractivity contribution in [2.75, 3.05) is 39.6 Å². The summed E-state index contributed by atoms with van der Waals surface area (Å²) in [5.41, 5.74) is 0. The molecule has 17 nitrogen and oxygen atoms in total. The lowest BCUT2D eigenvalue weighted by atomic mass is 9.99. The second-order valence-electron chi connectivity index (χ2n) is 26.9. The summed E-state index contributed by atoms with van der Waals surface area (Å²) in [7, 11) is -9.91. The fourth-order valence-corrected chi connectivity index (χ4v) is 12.4. The highest BCUT2D eigenvalue weighted by Crippen LogP contribution is 2.45. The molecule has 0 aliphatic rings. The third-order valence-corrected chi connectivity index (χ3v) is 19.3. The van der Waals surface area contributed by atoms with E-state index in [0.717, 1.165) is 114 Å². The van der Waals surface area contributed by atoms with Crippen LogP contribution in [0.5, 0.6) is 0 Å². The van der Waals surface area contributed by atoms with Gasteiger partial charge in [0.05, 0.1) is 26.4 Å². The van der Waals surface area contributed by atoms with Crippen molar-refractivity contribution in [3.63, 3.8) is 0 Å². The SMILES string of the molecule is CCCCCCCCCCCCCCCCCCCC(=O)O[C@H](COC(=O)CCCCCCCCCCCC(C)C)COP(=O)(O)OC[C@@H](O)COP(=O)(O)OC[C@@H](COC(=O)CCCCCCCCC(C)CC)OC(=O)CCCCCCCCCCC(C)CC. The first-order chi connectivity index (χ1) is 43.8. The van der Waals surface area contributed by atoms with Gasteiger partial charge in [-0.2, -0.15) is 0 Å². The van der Waals surface area contributed by atoms with Crippen LogP contribution in [0.15, 0.2) is 0 Å². The summed E-state index contributed by atoms with van der Waals surface area (Å²) >= 11 is 0. The molecule has 0 saturated heterocycles. The first-order valence-corrected chi connectivity index (χ1v) is 40.4. The lowest BCUT2D eigenvalue weighted by Crippen LogP contribution is -2.30. The van der Waals surface area contributed by atoms with E-state index in [2.05, 4.69) is 48.5 Å². The number of carbonyl (C=O) groups is 4. The molecule has 0 spiro atoms. The Balaban J connectivity index is 5.25. The summed E-state index contributed by atoms with van der Waals surface area (Å²) in [5, 5.41) is 10.6. The molecule has 0 aromatic heterocycles. The molecule has 0 radical (unpaired) electrons. The fraction of sp³-hybridized carbons (Fsp3) is 0.944. The maximum Gasteiger partial charge on any atom is 0.472 e. The highest BCUT2D eigenvalue weighted by molar-refractivity contribution is 7.47. The van der Waals surface area contributed by atoms with Gasteiger partial charge in [0.25, 0.3) is 0 Å². The molecule has 19 heteroatoms. The van der Waals surface area contributed by atoms with Crippen molar-refractivity contribution in [2.45, 2.75) is 381 Å². The van der Waals surface area contributed by atoms with E-state index in [0.29, 0.717) is 25.7 Å². The molecule has 0 fully saturated rings. The summed E-state index contributed by atoms with van der Waals surface area (Å²) in [6.45, 7) is 11.8. The zero-order valence-corrected chi connectivity index (χ0v) is 61.1. The minimum absolute atomic E-state index is 0.104. The summed E-state index contributed by atoms with van der Waals surface area (Å²) in [4.78, 5) is 72.6. The van der Waals surface area contributed by atoms with Gasteiger partial charge in [-0.3, -0.25) is 37.3 Å². The maximum atomic E-state index is 13.0. The fourth-order valence-electron chi connectivity index (χ4n) is 10.8. The second-order valence-corrected chi connectivity index (χ2v) is 29.8. The van der Waals surface area contributed by atoms with Crippen LogP contribution in [0.3, 0.4) is 0 Å². The van der Waals surface area contributed by atoms with Crippen LogP contribution in [0.25, 0.3) is 0 Å². The quantitative estimate of drug-likeness (QED) is 0.0222. The van der Waals surface area contributed by atoms with E-state index in [1.807, 2.05) is 0 Å². The number of aliphatic hydroxyl groups is 1. The molecule has 4 unspecified atom stereocenters. The van der Waals surface area contributed by atoms with E-state index >= 15 is 0 Å². The van der Waals surface area contributed by atoms with Gasteiger partial charge in [-0.1, -0.05) is 312 Å². The predicted molar refractivity (Wildman–Crippen MR) is 368 cm³/mol. The van der Waals surface area contributed by atoms with Crippen molar-refractivity contribution in [3.05, 3.63) is 0 Å². The molecular weight excluding hydrogens is 1200 g/mol. The van der Waals surface area contributed by atoms with Crippen molar-refractivity contribution in [3.8, 4) is 0 Å². The molecule has 0 rings (SSSR count). The second kappa shape index (κ2) is 62.8. The zero-order chi connectivity index (χ0) is 67.3. The Morgan fingerprint density at radius 1 is 0.319 bits per heavy atom. The number of phosphoric ester groups is 2. The van der Waals surface area contributed by atoms with Gasteiger partial charge in [0.15, 0.2) is 12.2 Å². The number of ether oxygens (including phenoxy) is 4. The van der Waals surface area contributed by atoms with Crippen molar-refractivity contribution < 1.29 is 80.2 Å². The van der Waals surface area contributed by atoms with E-state index < -0.39 is 97.5 Å². The largest absolute Gasteiger partial charge is 0.472 e. The number of rotatable bonds is 70. The van der Waals surface area contributed by atoms with Gasteiger partial charge in [0.2, 0.25) is 0 Å². The Labute approximate surface area is 556 Å². The average Bonchev–Trinajstić information content (AvgIpc) is 3.54. The molecule has 0 aliphatic heterocycles. The molecule has 0 aromatic rings. The topological polar surface area (TPSA) is 237 Å². The predicted octanol–water partition coefficient (Wildman–Crippen LogP) is 20.6. The lowest BCUT2D eigenvalue weighted by molar-refractivity contribution is -0.161. The third kappa shape index (κ3) is 63.9. The maximum absolute atomic E-state index is 13.0. The molecule has 3 N–H and O–H groups in total. The van der Waals surface area contributed by atoms with Gasteiger partial charge in [0.1, 0.15) is 19.3 Å². The number of unbranched alkanes of at least 4 members (excludes halogenated alkanes) is 36. The third-order valence-electron chi connectivity index (χ3n) is 17.4. The molecule has 0 heterocycles. The average molecular weight is 1340 g/mol. The van der Waals surface area contributed by atoms with Crippen LogP contribution >= 0.6 is 15.6 Å². The molecule has 7 atom stereocenters. The first-order valence-electron chi connectivity index (χ1n) is 37.4. The molecule has 0 bridgehead atoms. The Morgan fingerprint density at radius 2 is 0.560 bits per heavy atom. The van der Waals surface area contributed by atoms with Gasteiger partial charge in [-0.05, 0) is 43.4 Å². The van der Waals surface area contributed by atoms with Gasteiger partial charge >= 0.3 is 39.5 Å². The van der Waals surface area contributed by atoms with Crippen molar-refractivity contribution in [2.24, 2.45) is 17.8 Å². The Morgan fingerprint density at radius 3 is 0.835 bits per heavy atom. The van der Waals surface area contributed by atoms with Crippen LogP contribution in [-0.4, -0.2) is 96.7 Å². The number of hydrogen-bond acceptors (Lipinski definition) is 15. The molecule has 540 valence electrons. The Bertz CT molecular complexity index is 1790. The van der Waals surface area contributed by atoms with Crippen LogP contribution in [-0.2, 0) is 65.4 Å². The minimum Gasteiger partial charge on any atom is -0.462 e. The van der Waals surface area contributed by atoms with Crippen molar-refractivity contribution >= 4 is 39.5 Å². The summed E-state index contributed by atoms with van der Waals surface area (Å²) in [6.07, 6.45) is 47.2. The highest BCUT2D eigenvalue weighted by Gasteiger charge is 2.30. The van der Waals surface area contributed by atoms with Gasteiger partial charge < -0.3 is 33.8 Å². The number of hydrogen-bond donors (Lipinski definition) is 3. The van der Waals surface area contributed by atoms with Gasteiger partial charge in [-0.25, -0.2) is 9.13 Å². The van der Waals surface area contributed by atoms with Crippen molar-refractivity contribution in [1.82, 2.24) is 0 Å². The number of phosphoric acid groups is 2. The lowest BCUT2D eigenvalue weighted by Gasteiger charge is -2.21. The monoisotopic (exact) mass is 1340 g/mol. The summed E-state index contributed by atoms with van der Waals surface area (Å²) in [6, 6.07) is 0. The van der Waals surface area contributed by atoms with Gasteiger partial charge in [-0.15, -0.1) is 0 Å². The molecule has 0 amide bonds. The van der Waals surface area contributed by atoms with E-state index in [4.69, 9.17) is 37.0 Å². The normalized spacial score (nSPS) is 14.8. The highest BCUT2D eigenvalue weighted by atomic mass is 31.2. The number of esters is 4. The minimum atomic E-state index is -4.95. The van der Waals surface area contributed by atoms with E-state index in [1.54, 1.807) is 0 Å². The molecule has 0 saturated carbocycles. The van der Waals surface area contributed by atoms with E-state index in [-0.39, 0.29) is 25.7 Å². The number of aliphatic hydroxyl groups excluding tert-OH is 1. The van der Waals surface area contributed by atoms with Crippen LogP contribution in [0.2, 0.25) is 0 Å². The zero-order valence-electron chi connectivity index (χ0n) is 59.3. The summed E-state index contributed by atoms with van der Waals surface area (Å²) in [5.74, 6) is 0.118. The van der Waals surface area contributed by atoms with Crippen molar-refractivity contribution in [1.29, 1.82) is 0 Å². The Kier molecular flexibility index (Phi) is 61.5. The number of carbonyl (C=O) groups excluding carboxylic acids is 4. The van der Waals surface area contributed by atoms with E-state index in [1.165, 1.54) is 167 Å². The smallest absolute Gasteiger partial charge is 0.462 e. The van der Waals surface area contributed by atoms with Gasteiger partial charge in [0, 0.05) is 25.7 Å². The molecule has 91 heavy (non-hydrogen) atoms. The molecule has 0 aromatic carbocycles. The van der Waals surface area contributed by atoms with Crippen LogP contribution in [0.4, 0.5) is 0 Å². The van der Waals surface area contributed by atoms with Crippen LogP contribution in [0.1, 0.15) is 363 Å². The van der Waals surface area contributed by atoms with E-state index in [9.17, 15) is 43.2 Å². The first kappa shape index (κ1) is 89.1. The molecule has 0 aliphatic carbocycles. The molecular formula is C72H140O17P2. The standard InChI is InChI=1S/C72H140O17P2/c1-8-11-12-13-14-15-16-17-18-19-20-21-22-25-32-41-48-55-71(76)88-67(59-82-69(74)53-46-39-31-26-23-24-29-36-43-50-63(4)5)61-86-90(78,79)84-57-66(73)58-85-91(80,81)87-62-68(60-83-70(75)54-47-40-35-34-38-45-52-65(7)10-3)89-72(77)56-49-42-33-28-27-30-37-44-51-64(6)9-2/h63-68,73H,8-62H2,1-7H3,(H,78,79)(H,80,81)/t64?,65?,66-,67-,68-/m1/s1. The summed E-state index contributed by atoms with van der Waals surface area (Å²) < 4.78 is 68.4. The van der Waals surface area contributed by atoms with Crippen LogP contribution in [0, 0.1) is 17.8 Å². The Hall–Kier alpha value is -1.94. The van der Waals surface area contributed by atoms with Crippen LogP contribution < -0.4 is 0 Å².